The van der Waals surface area contributed by atoms with Gasteiger partial charge in [-0.1, -0.05) is 23.7 Å². The molecule has 0 spiro atoms. The number of rotatable bonds is 3. The highest BCUT2D eigenvalue weighted by molar-refractivity contribution is 6.32. The zero-order valence-electron chi connectivity index (χ0n) is 11.2. The summed E-state index contributed by atoms with van der Waals surface area (Å²) in [5.74, 6) is 1.06. The summed E-state index contributed by atoms with van der Waals surface area (Å²) in [6, 6.07) is 11.6. The summed E-state index contributed by atoms with van der Waals surface area (Å²) in [5, 5.41) is 13.9. The Labute approximate surface area is 123 Å². The number of hydrogen-bond acceptors (Lipinski definition) is 3. The van der Waals surface area contributed by atoms with E-state index in [-0.39, 0.29) is 6.04 Å². The number of nitrogens with one attached hydrogen (secondary N) is 1. The van der Waals surface area contributed by atoms with Crippen LogP contribution in [0.15, 0.2) is 36.4 Å². The molecule has 1 unspecified atom stereocenters. The third-order valence-corrected chi connectivity index (χ3v) is 4.03. The zero-order valence-corrected chi connectivity index (χ0v) is 11.9. The van der Waals surface area contributed by atoms with Gasteiger partial charge in [0.1, 0.15) is 11.5 Å². The number of methoxy groups -OCH3 is 1. The summed E-state index contributed by atoms with van der Waals surface area (Å²) in [7, 11) is 1.60. The summed E-state index contributed by atoms with van der Waals surface area (Å²) >= 11 is 6.14. The molecule has 0 fully saturated rings. The van der Waals surface area contributed by atoms with Crippen LogP contribution in [0.5, 0.6) is 11.5 Å². The molecule has 0 heterocycles. The van der Waals surface area contributed by atoms with E-state index in [1.165, 1.54) is 0 Å². The van der Waals surface area contributed by atoms with Crippen LogP contribution >= 0.6 is 11.6 Å². The second kappa shape index (κ2) is 5.25. The molecule has 3 nitrogen and oxygen atoms in total. The van der Waals surface area contributed by atoms with E-state index >= 15 is 0 Å². The van der Waals surface area contributed by atoms with Gasteiger partial charge in [-0.2, -0.15) is 0 Å². The van der Waals surface area contributed by atoms with Crippen LogP contribution in [0, 0.1) is 0 Å². The molecule has 0 aliphatic heterocycles. The lowest BCUT2D eigenvalue weighted by Gasteiger charge is -2.16. The van der Waals surface area contributed by atoms with Gasteiger partial charge in [-0.05, 0) is 48.2 Å². The van der Waals surface area contributed by atoms with Crippen molar-refractivity contribution in [3.63, 3.8) is 0 Å². The maximum Gasteiger partial charge on any atom is 0.137 e. The first-order chi connectivity index (χ1) is 9.69. The summed E-state index contributed by atoms with van der Waals surface area (Å²) in [5.41, 5.74) is 3.17. The van der Waals surface area contributed by atoms with Crippen LogP contribution in [0.4, 0.5) is 5.69 Å². The maximum atomic E-state index is 9.86. The summed E-state index contributed by atoms with van der Waals surface area (Å²) in [6.45, 7) is 0. The Morgan fingerprint density at radius 3 is 2.90 bits per heavy atom. The highest BCUT2D eigenvalue weighted by Crippen LogP contribution is 2.39. The highest BCUT2D eigenvalue weighted by atomic mass is 35.5. The van der Waals surface area contributed by atoms with E-state index in [1.807, 2.05) is 24.3 Å². The minimum atomic E-state index is 0.210. The zero-order chi connectivity index (χ0) is 14.1. The number of aromatic hydroxyl groups is 1. The molecule has 104 valence electrons. The molecule has 3 rings (SSSR count). The Hall–Kier alpha value is -1.87. The summed E-state index contributed by atoms with van der Waals surface area (Å²) in [4.78, 5) is 0. The van der Waals surface area contributed by atoms with Crippen molar-refractivity contribution >= 4 is 17.3 Å². The van der Waals surface area contributed by atoms with Gasteiger partial charge in [0.25, 0.3) is 0 Å². The van der Waals surface area contributed by atoms with E-state index < -0.39 is 0 Å². The normalized spacial score (nSPS) is 16.8. The van der Waals surface area contributed by atoms with Gasteiger partial charge in [0.05, 0.1) is 18.2 Å². The summed E-state index contributed by atoms with van der Waals surface area (Å²) < 4.78 is 5.15. The van der Waals surface area contributed by atoms with Crippen LogP contribution in [-0.2, 0) is 6.42 Å². The quantitative estimate of drug-likeness (QED) is 0.892. The van der Waals surface area contributed by atoms with E-state index in [4.69, 9.17) is 16.3 Å². The lowest BCUT2D eigenvalue weighted by molar-refractivity contribution is 0.415. The number of benzene rings is 2. The molecule has 1 atom stereocenters. The second-order valence-corrected chi connectivity index (χ2v) is 5.34. The predicted octanol–water partition coefficient (Wildman–Crippen LogP) is 4.15. The molecule has 4 heteroatoms. The largest absolute Gasteiger partial charge is 0.508 e. The van der Waals surface area contributed by atoms with Gasteiger partial charge in [-0.3, -0.25) is 0 Å². The average molecular weight is 290 g/mol. The fourth-order valence-electron chi connectivity index (χ4n) is 2.74. The third-order valence-electron chi connectivity index (χ3n) is 3.74. The van der Waals surface area contributed by atoms with Crippen molar-refractivity contribution in [3.8, 4) is 11.5 Å². The molecule has 0 saturated heterocycles. The molecule has 2 aromatic rings. The van der Waals surface area contributed by atoms with Gasteiger partial charge in [0.15, 0.2) is 0 Å². The van der Waals surface area contributed by atoms with Gasteiger partial charge in [-0.15, -0.1) is 0 Å². The van der Waals surface area contributed by atoms with Crippen molar-refractivity contribution in [2.45, 2.75) is 18.9 Å². The fraction of sp³-hybridized carbons (Fsp3) is 0.250. The topological polar surface area (TPSA) is 41.5 Å². The molecule has 2 N–H and O–H groups in total. The number of phenolic OH excluding ortho intramolecular Hbond substituents is 1. The molecular formula is C16H16ClNO2. The number of anilines is 1. The van der Waals surface area contributed by atoms with Crippen molar-refractivity contribution < 1.29 is 9.84 Å². The van der Waals surface area contributed by atoms with Crippen LogP contribution in [0.25, 0.3) is 0 Å². The first-order valence-corrected chi connectivity index (χ1v) is 6.97. The van der Waals surface area contributed by atoms with Gasteiger partial charge in [0, 0.05) is 5.69 Å². The number of phenols is 1. The first kappa shape index (κ1) is 13.1. The number of ether oxygens (including phenoxy) is 1. The van der Waals surface area contributed by atoms with Crippen molar-refractivity contribution in [1.82, 2.24) is 0 Å². The van der Waals surface area contributed by atoms with Gasteiger partial charge < -0.3 is 15.2 Å². The van der Waals surface area contributed by atoms with Crippen LogP contribution < -0.4 is 10.1 Å². The number of fused-ring (bicyclic) bond motifs is 1. The molecule has 0 bridgehead atoms. The van der Waals surface area contributed by atoms with Crippen molar-refractivity contribution in [3.05, 3.63) is 52.5 Å². The Bertz CT molecular complexity index is 642. The van der Waals surface area contributed by atoms with E-state index in [9.17, 15) is 5.11 Å². The second-order valence-electron chi connectivity index (χ2n) is 4.93. The van der Waals surface area contributed by atoms with E-state index in [1.54, 1.807) is 13.2 Å². The van der Waals surface area contributed by atoms with Crippen LogP contribution in [-0.4, -0.2) is 12.2 Å². The van der Waals surface area contributed by atoms with Crippen LogP contribution in [0.2, 0.25) is 5.02 Å². The van der Waals surface area contributed by atoms with Crippen LogP contribution in [0.1, 0.15) is 23.6 Å². The van der Waals surface area contributed by atoms with E-state index in [0.29, 0.717) is 16.5 Å². The monoisotopic (exact) mass is 289 g/mol. The molecule has 0 aromatic heterocycles. The molecule has 0 amide bonds. The summed E-state index contributed by atoms with van der Waals surface area (Å²) in [6.07, 6.45) is 1.86. The molecule has 2 aromatic carbocycles. The Morgan fingerprint density at radius 1 is 1.30 bits per heavy atom. The Kier molecular flexibility index (Phi) is 3.45. The molecule has 1 aliphatic rings. The maximum absolute atomic E-state index is 9.86. The lowest BCUT2D eigenvalue weighted by Crippen LogP contribution is -2.07. The minimum absolute atomic E-state index is 0.210. The predicted molar refractivity (Wildman–Crippen MR) is 80.8 cm³/mol. The molecule has 0 saturated carbocycles. The van der Waals surface area contributed by atoms with Crippen molar-refractivity contribution in [2.24, 2.45) is 0 Å². The Morgan fingerprint density at radius 2 is 2.15 bits per heavy atom. The van der Waals surface area contributed by atoms with Gasteiger partial charge in [-0.25, -0.2) is 0 Å². The van der Waals surface area contributed by atoms with E-state index in [0.717, 1.165) is 29.7 Å². The average Bonchev–Trinajstić information content (AvgIpc) is 2.84. The highest BCUT2D eigenvalue weighted by Gasteiger charge is 2.24. The molecule has 0 radical (unpaired) electrons. The third kappa shape index (κ3) is 2.29. The first-order valence-electron chi connectivity index (χ1n) is 6.60. The minimum Gasteiger partial charge on any atom is -0.508 e. The lowest BCUT2D eigenvalue weighted by atomic mass is 10.1. The SMILES string of the molecule is COc1ccc(NC2CCc3c(O)cccc32)cc1Cl. The fourth-order valence-corrected chi connectivity index (χ4v) is 3.00. The van der Waals surface area contributed by atoms with Gasteiger partial charge in [0.2, 0.25) is 0 Å². The smallest absolute Gasteiger partial charge is 0.137 e. The van der Waals surface area contributed by atoms with E-state index in [2.05, 4.69) is 11.4 Å². The molecular weight excluding hydrogens is 274 g/mol. The molecule has 20 heavy (non-hydrogen) atoms. The van der Waals surface area contributed by atoms with Crippen molar-refractivity contribution in [2.75, 3.05) is 12.4 Å². The van der Waals surface area contributed by atoms with Gasteiger partial charge >= 0.3 is 0 Å². The number of hydrogen-bond donors (Lipinski definition) is 2. The molecule has 1 aliphatic carbocycles. The Balaban J connectivity index is 1.84. The number of halogens is 1. The standard InChI is InChI=1S/C16H16ClNO2/c1-20-16-8-5-10(9-13(16)17)18-14-7-6-12-11(14)3-2-4-15(12)19/h2-5,8-9,14,18-19H,6-7H2,1H3. The van der Waals surface area contributed by atoms with Crippen LogP contribution in [0.3, 0.4) is 0 Å². The van der Waals surface area contributed by atoms with Crippen molar-refractivity contribution in [1.29, 1.82) is 0 Å².